The number of Topliss-reactive ketones (excluding diaryl/α,β-unsaturated/α-hetero) is 1. The maximum absolute atomic E-state index is 13.3. The summed E-state index contributed by atoms with van der Waals surface area (Å²) in [5.41, 5.74) is 0.166. The quantitative estimate of drug-likeness (QED) is 0.726. The van der Waals surface area contributed by atoms with Gasteiger partial charge < -0.3 is 14.8 Å². The number of rotatable bonds is 4. The van der Waals surface area contributed by atoms with Gasteiger partial charge >= 0.3 is 6.29 Å². The molecule has 2 saturated heterocycles. The van der Waals surface area contributed by atoms with Crippen molar-refractivity contribution in [1.82, 2.24) is 9.62 Å². The Morgan fingerprint density at radius 3 is 2.31 bits per heavy atom. The zero-order valence-electron chi connectivity index (χ0n) is 17.3. The zero-order valence-corrected chi connectivity index (χ0v) is 18.1. The van der Waals surface area contributed by atoms with E-state index in [2.05, 4.69) is 14.8 Å². The third-order valence-electron chi connectivity index (χ3n) is 6.87. The molecule has 0 spiro atoms. The Morgan fingerprint density at radius 2 is 1.66 bits per heavy atom. The predicted octanol–water partition coefficient (Wildman–Crippen LogP) is 2.57. The van der Waals surface area contributed by atoms with Crippen molar-refractivity contribution in [3.8, 4) is 11.5 Å². The van der Waals surface area contributed by atoms with Crippen LogP contribution in [0, 0.1) is 0 Å². The minimum Gasteiger partial charge on any atom is -0.395 e. The molecule has 0 aromatic heterocycles. The zero-order chi connectivity index (χ0) is 22.7. The summed E-state index contributed by atoms with van der Waals surface area (Å²) < 4.78 is 63.3. The first-order valence-corrected chi connectivity index (χ1v) is 12.4. The van der Waals surface area contributed by atoms with Gasteiger partial charge in [-0.05, 0) is 56.7 Å². The number of hydrogen-bond donors (Lipinski definition) is 1. The summed E-state index contributed by atoms with van der Waals surface area (Å²) in [5.74, 6) is -0.645. The SMILES string of the molecule is O=C1CCC(S(=O)(=O)N2[C@@H]3CC[C@H]2CC(NC(=O)c2ccc4c(c2)OC(F)(F)O4)C3)CC1. The fraction of sp³-hybridized carbons (Fsp3) is 0.619. The van der Waals surface area contributed by atoms with E-state index in [-0.39, 0.29) is 41.0 Å². The molecule has 0 radical (unpaired) electrons. The minimum absolute atomic E-state index is 0.119. The molecular formula is C21H24F2N2O6S. The highest BCUT2D eigenvalue weighted by molar-refractivity contribution is 7.89. The molecule has 11 heteroatoms. The lowest BCUT2D eigenvalue weighted by Crippen LogP contribution is -2.54. The van der Waals surface area contributed by atoms with Crippen LogP contribution < -0.4 is 14.8 Å². The molecule has 3 heterocycles. The number of carbonyl (C=O) groups is 2. The van der Waals surface area contributed by atoms with E-state index in [9.17, 15) is 26.8 Å². The number of ketones is 1. The first kappa shape index (κ1) is 21.6. The van der Waals surface area contributed by atoms with E-state index in [1.807, 2.05) is 0 Å². The standard InChI is InChI=1S/C21H24F2N2O6S/c22-21(23)30-18-8-1-12(9-19(18)31-21)20(27)24-13-10-14-2-3-15(11-13)25(14)32(28,29)17-6-4-16(26)5-7-17/h1,8-9,13-15,17H,2-7,10-11H2,(H,24,27)/t13?,14-,15+. The normalized spacial score (nSPS) is 29.8. The van der Waals surface area contributed by atoms with Crippen LogP contribution in [-0.4, -0.2) is 54.1 Å². The summed E-state index contributed by atoms with van der Waals surface area (Å²) in [6.07, 6.45) is 0.0927. The molecule has 1 N–H and O–H groups in total. The number of amides is 1. The molecule has 1 unspecified atom stereocenters. The highest BCUT2D eigenvalue weighted by atomic mass is 32.2. The monoisotopic (exact) mass is 470 g/mol. The first-order chi connectivity index (χ1) is 15.1. The van der Waals surface area contributed by atoms with Gasteiger partial charge in [0.05, 0.1) is 5.25 Å². The Kier molecular flexibility index (Phi) is 5.16. The number of alkyl halides is 2. The summed E-state index contributed by atoms with van der Waals surface area (Å²) >= 11 is 0. The van der Waals surface area contributed by atoms with E-state index >= 15 is 0 Å². The number of benzene rings is 1. The molecule has 2 bridgehead atoms. The van der Waals surface area contributed by atoms with E-state index in [4.69, 9.17) is 0 Å². The Hall–Kier alpha value is -2.27. The van der Waals surface area contributed by atoms with Gasteiger partial charge in [0.2, 0.25) is 10.0 Å². The molecule has 4 aliphatic rings. The number of sulfonamides is 1. The molecule has 3 aliphatic heterocycles. The summed E-state index contributed by atoms with van der Waals surface area (Å²) in [4.78, 5) is 24.2. The molecule has 1 aromatic carbocycles. The van der Waals surface area contributed by atoms with Crippen LogP contribution in [-0.2, 0) is 14.8 Å². The highest BCUT2D eigenvalue weighted by Crippen LogP contribution is 2.42. The lowest BCUT2D eigenvalue weighted by Gasteiger charge is -2.40. The molecule has 5 rings (SSSR count). The van der Waals surface area contributed by atoms with Gasteiger partial charge in [-0.15, -0.1) is 8.78 Å². The van der Waals surface area contributed by atoms with Gasteiger partial charge in [0.15, 0.2) is 11.5 Å². The summed E-state index contributed by atoms with van der Waals surface area (Å²) in [5, 5.41) is 2.40. The molecule has 32 heavy (non-hydrogen) atoms. The molecule has 1 amide bonds. The number of halogens is 2. The number of carbonyl (C=O) groups excluding carboxylic acids is 2. The van der Waals surface area contributed by atoms with E-state index in [0.29, 0.717) is 38.5 Å². The van der Waals surface area contributed by atoms with Crippen LogP contribution in [0.2, 0.25) is 0 Å². The average molecular weight is 470 g/mol. The molecule has 174 valence electrons. The van der Waals surface area contributed by atoms with Gasteiger partial charge in [0.25, 0.3) is 5.91 Å². The van der Waals surface area contributed by atoms with Crippen molar-refractivity contribution in [3.63, 3.8) is 0 Å². The van der Waals surface area contributed by atoms with E-state index in [1.54, 1.807) is 4.31 Å². The summed E-state index contributed by atoms with van der Waals surface area (Å²) in [6, 6.07) is 3.28. The van der Waals surface area contributed by atoms with Crippen LogP contribution in [0.25, 0.3) is 0 Å². The van der Waals surface area contributed by atoms with Crippen LogP contribution in [0.15, 0.2) is 18.2 Å². The number of piperidine rings is 1. The van der Waals surface area contributed by atoms with Crippen LogP contribution in [0.4, 0.5) is 8.78 Å². The largest absolute Gasteiger partial charge is 0.586 e. The van der Waals surface area contributed by atoms with Crippen molar-refractivity contribution in [2.45, 2.75) is 81.0 Å². The average Bonchev–Trinajstić information content (AvgIpc) is 3.19. The Balaban J connectivity index is 1.24. The molecule has 3 atom stereocenters. The number of ether oxygens (including phenoxy) is 2. The fourth-order valence-electron chi connectivity index (χ4n) is 5.41. The Labute approximate surface area is 184 Å². The van der Waals surface area contributed by atoms with Gasteiger partial charge in [-0.25, -0.2) is 8.42 Å². The third-order valence-corrected chi connectivity index (χ3v) is 9.37. The number of hydrogen-bond acceptors (Lipinski definition) is 6. The second-order valence-electron chi connectivity index (χ2n) is 8.97. The lowest BCUT2D eigenvalue weighted by molar-refractivity contribution is -0.286. The van der Waals surface area contributed by atoms with Crippen molar-refractivity contribution >= 4 is 21.7 Å². The van der Waals surface area contributed by atoms with E-state index < -0.39 is 27.5 Å². The lowest BCUT2D eigenvalue weighted by atomic mass is 9.99. The Morgan fingerprint density at radius 1 is 1.03 bits per heavy atom. The van der Waals surface area contributed by atoms with Gasteiger partial charge in [-0.3, -0.25) is 9.59 Å². The molecule has 1 saturated carbocycles. The molecule has 3 fully saturated rings. The van der Waals surface area contributed by atoms with Crippen molar-refractivity contribution < 1.29 is 36.3 Å². The number of nitrogens with one attached hydrogen (secondary N) is 1. The summed E-state index contributed by atoms with van der Waals surface area (Å²) in [6.45, 7) is 0. The van der Waals surface area contributed by atoms with E-state index in [0.717, 1.165) is 12.8 Å². The van der Waals surface area contributed by atoms with Crippen molar-refractivity contribution in [2.75, 3.05) is 0 Å². The second-order valence-corrected chi connectivity index (χ2v) is 11.1. The van der Waals surface area contributed by atoms with Crippen LogP contribution in [0.5, 0.6) is 11.5 Å². The molecule has 1 aromatic rings. The van der Waals surface area contributed by atoms with E-state index in [1.165, 1.54) is 18.2 Å². The van der Waals surface area contributed by atoms with Crippen molar-refractivity contribution in [3.05, 3.63) is 23.8 Å². The van der Waals surface area contributed by atoms with Crippen molar-refractivity contribution in [1.29, 1.82) is 0 Å². The number of fused-ring (bicyclic) bond motifs is 3. The minimum atomic E-state index is -3.75. The predicted molar refractivity (Wildman–Crippen MR) is 108 cm³/mol. The van der Waals surface area contributed by atoms with Gasteiger partial charge in [0, 0.05) is 36.5 Å². The van der Waals surface area contributed by atoms with Crippen LogP contribution >= 0.6 is 0 Å². The van der Waals surface area contributed by atoms with Crippen LogP contribution in [0.3, 0.4) is 0 Å². The van der Waals surface area contributed by atoms with Gasteiger partial charge in [-0.2, -0.15) is 4.31 Å². The first-order valence-electron chi connectivity index (χ1n) is 10.9. The van der Waals surface area contributed by atoms with Gasteiger partial charge in [-0.1, -0.05) is 0 Å². The number of nitrogens with zero attached hydrogens (tertiary/aromatic N) is 1. The molecule has 8 nitrogen and oxygen atoms in total. The fourth-order valence-corrected chi connectivity index (χ4v) is 7.80. The maximum Gasteiger partial charge on any atom is 0.586 e. The van der Waals surface area contributed by atoms with Gasteiger partial charge in [0.1, 0.15) is 5.78 Å². The topological polar surface area (TPSA) is 102 Å². The van der Waals surface area contributed by atoms with Crippen LogP contribution in [0.1, 0.15) is 61.7 Å². The Bertz CT molecular complexity index is 1040. The molecular weight excluding hydrogens is 446 g/mol. The smallest absolute Gasteiger partial charge is 0.395 e. The second kappa shape index (κ2) is 7.65. The maximum atomic E-state index is 13.3. The van der Waals surface area contributed by atoms with Crippen molar-refractivity contribution in [2.24, 2.45) is 0 Å². The highest BCUT2D eigenvalue weighted by Gasteiger charge is 2.49. The third kappa shape index (κ3) is 3.85. The summed E-state index contributed by atoms with van der Waals surface area (Å²) in [7, 11) is -3.50. The molecule has 1 aliphatic carbocycles.